The van der Waals surface area contributed by atoms with Crippen LogP contribution in [0.15, 0.2) is 66.7 Å². The van der Waals surface area contributed by atoms with E-state index in [2.05, 4.69) is 72.0 Å². The van der Waals surface area contributed by atoms with Crippen molar-refractivity contribution >= 4 is 38.0 Å². The van der Waals surface area contributed by atoms with Gasteiger partial charge in [-0.1, -0.05) is 60.7 Å². The smallest absolute Gasteiger partial charge is 0.0417 e. The van der Waals surface area contributed by atoms with Gasteiger partial charge in [0.25, 0.3) is 0 Å². The Morgan fingerprint density at radius 3 is 2.10 bits per heavy atom. The van der Waals surface area contributed by atoms with Crippen LogP contribution in [-0.4, -0.2) is 7.05 Å². The predicted molar refractivity (Wildman–Crippen MR) is 88.5 cm³/mol. The number of benzene rings is 4. The standard InChI is InChI=1S/C19H15N/c1-20-19-8-4-7-15-17-10-9-13-5-2-3-6-14(13)16(17)11-12-18(15)19/h2-12,20H,1H3. The molecule has 0 amide bonds. The maximum Gasteiger partial charge on any atom is 0.0417 e. The molecule has 0 aliphatic carbocycles. The minimum Gasteiger partial charge on any atom is -0.388 e. The average Bonchev–Trinajstić information content (AvgIpc) is 2.53. The summed E-state index contributed by atoms with van der Waals surface area (Å²) in [6.45, 7) is 0. The van der Waals surface area contributed by atoms with E-state index in [0.29, 0.717) is 0 Å². The zero-order valence-electron chi connectivity index (χ0n) is 11.4. The number of hydrogen-bond donors (Lipinski definition) is 1. The molecule has 0 atom stereocenters. The van der Waals surface area contributed by atoms with Crippen molar-refractivity contribution in [2.24, 2.45) is 0 Å². The summed E-state index contributed by atoms with van der Waals surface area (Å²) < 4.78 is 0. The first-order chi connectivity index (χ1) is 9.88. The Kier molecular flexibility index (Phi) is 2.40. The molecule has 0 saturated carbocycles. The van der Waals surface area contributed by atoms with E-state index in [1.165, 1.54) is 38.0 Å². The monoisotopic (exact) mass is 257 g/mol. The normalized spacial score (nSPS) is 11.2. The highest BCUT2D eigenvalue weighted by Gasteiger charge is 2.06. The van der Waals surface area contributed by atoms with E-state index >= 15 is 0 Å². The van der Waals surface area contributed by atoms with Crippen molar-refractivity contribution in [1.82, 2.24) is 0 Å². The topological polar surface area (TPSA) is 12.0 Å². The van der Waals surface area contributed by atoms with E-state index in [1.54, 1.807) is 0 Å². The number of anilines is 1. The highest BCUT2D eigenvalue weighted by Crippen LogP contribution is 2.33. The first-order valence-electron chi connectivity index (χ1n) is 6.89. The molecule has 1 nitrogen and oxygen atoms in total. The first kappa shape index (κ1) is 11.3. The van der Waals surface area contributed by atoms with Crippen molar-refractivity contribution in [2.45, 2.75) is 0 Å². The Hall–Kier alpha value is -2.54. The molecule has 0 aliphatic rings. The fraction of sp³-hybridized carbons (Fsp3) is 0.0526. The van der Waals surface area contributed by atoms with Gasteiger partial charge in [0.05, 0.1) is 0 Å². The van der Waals surface area contributed by atoms with Gasteiger partial charge in [-0.05, 0) is 33.0 Å². The maximum absolute atomic E-state index is 3.27. The van der Waals surface area contributed by atoms with Crippen LogP contribution in [0.1, 0.15) is 0 Å². The van der Waals surface area contributed by atoms with E-state index in [4.69, 9.17) is 0 Å². The van der Waals surface area contributed by atoms with Crippen molar-refractivity contribution in [3.8, 4) is 0 Å². The Bertz CT molecular complexity index is 938. The van der Waals surface area contributed by atoms with Gasteiger partial charge in [0.2, 0.25) is 0 Å². The summed E-state index contributed by atoms with van der Waals surface area (Å²) >= 11 is 0. The summed E-state index contributed by atoms with van der Waals surface area (Å²) in [4.78, 5) is 0. The van der Waals surface area contributed by atoms with Crippen molar-refractivity contribution in [1.29, 1.82) is 0 Å². The lowest BCUT2D eigenvalue weighted by atomic mass is 9.96. The molecular weight excluding hydrogens is 242 g/mol. The SMILES string of the molecule is CNc1cccc2c1ccc1c3ccccc3ccc21. The molecule has 1 heteroatoms. The third-order valence-electron chi connectivity index (χ3n) is 4.05. The van der Waals surface area contributed by atoms with E-state index in [-0.39, 0.29) is 0 Å². The molecule has 0 bridgehead atoms. The first-order valence-corrected chi connectivity index (χ1v) is 6.89. The summed E-state index contributed by atoms with van der Waals surface area (Å²) in [5.74, 6) is 0. The molecule has 0 aliphatic heterocycles. The van der Waals surface area contributed by atoms with Crippen LogP contribution in [0.2, 0.25) is 0 Å². The fourth-order valence-electron chi connectivity index (χ4n) is 3.07. The lowest BCUT2D eigenvalue weighted by Gasteiger charge is -2.10. The second-order valence-electron chi connectivity index (χ2n) is 5.10. The number of nitrogens with one attached hydrogen (secondary N) is 1. The molecule has 0 heterocycles. The molecule has 96 valence electrons. The van der Waals surface area contributed by atoms with Crippen molar-refractivity contribution in [3.05, 3.63) is 66.7 Å². The molecule has 1 N–H and O–H groups in total. The van der Waals surface area contributed by atoms with Gasteiger partial charge < -0.3 is 5.32 Å². The minimum absolute atomic E-state index is 1.18. The number of fused-ring (bicyclic) bond motifs is 5. The molecule has 4 aromatic rings. The number of hydrogen-bond acceptors (Lipinski definition) is 1. The second-order valence-corrected chi connectivity index (χ2v) is 5.10. The molecule has 0 unspecified atom stereocenters. The van der Waals surface area contributed by atoms with E-state index < -0.39 is 0 Å². The summed E-state index contributed by atoms with van der Waals surface area (Å²) in [5.41, 5.74) is 1.18. The molecule has 0 spiro atoms. The van der Waals surface area contributed by atoms with Gasteiger partial charge in [0.15, 0.2) is 0 Å². The van der Waals surface area contributed by atoms with Gasteiger partial charge in [0.1, 0.15) is 0 Å². The molecule has 0 fully saturated rings. The highest BCUT2D eigenvalue weighted by atomic mass is 14.8. The highest BCUT2D eigenvalue weighted by molar-refractivity contribution is 6.18. The summed E-state index contributed by atoms with van der Waals surface area (Å²) in [7, 11) is 1.97. The minimum atomic E-state index is 1.18. The van der Waals surface area contributed by atoms with Crippen LogP contribution in [-0.2, 0) is 0 Å². The fourth-order valence-corrected chi connectivity index (χ4v) is 3.07. The molecule has 0 radical (unpaired) electrons. The lowest BCUT2D eigenvalue weighted by Crippen LogP contribution is -1.89. The molecule has 4 aromatic carbocycles. The molecule has 20 heavy (non-hydrogen) atoms. The van der Waals surface area contributed by atoms with Gasteiger partial charge in [-0.3, -0.25) is 0 Å². The van der Waals surface area contributed by atoms with Gasteiger partial charge in [-0.15, -0.1) is 0 Å². The molecule has 0 aromatic heterocycles. The molecule has 4 rings (SSSR count). The zero-order chi connectivity index (χ0) is 13.5. The lowest BCUT2D eigenvalue weighted by molar-refractivity contribution is 1.55. The van der Waals surface area contributed by atoms with Gasteiger partial charge in [-0.2, -0.15) is 0 Å². The van der Waals surface area contributed by atoms with Crippen LogP contribution in [0, 0.1) is 0 Å². The van der Waals surface area contributed by atoms with Gasteiger partial charge in [0, 0.05) is 18.1 Å². The second kappa shape index (κ2) is 4.24. The van der Waals surface area contributed by atoms with Crippen molar-refractivity contribution in [2.75, 3.05) is 12.4 Å². The Labute approximate surface area is 117 Å². The average molecular weight is 257 g/mol. The van der Waals surface area contributed by atoms with Crippen LogP contribution in [0.5, 0.6) is 0 Å². The maximum atomic E-state index is 3.27. The van der Waals surface area contributed by atoms with Crippen LogP contribution in [0.3, 0.4) is 0 Å². The molecule has 0 saturated heterocycles. The Morgan fingerprint density at radius 2 is 1.20 bits per heavy atom. The summed E-state index contributed by atoms with van der Waals surface area (Å²) in [6.07, 6.45) is 0. The van der Waals surface area contributed by atoms with Crippen LogP contribution < -0.4 is 5.32 Å². The number of rotatable bonds is 1. The summed E-state index contributed by atoms with van der Waals surface area (Å²) in [6, 6.07) is 23.9. The Morgan fingerprint density at radius 1 is 0.550 bits per heavy atom. The predicted octanol–water partition coefficient (Wildman–Crippen LogP) is 5.19. The van der Waals surface area contributed by atoms with Crippen LogP contribution >= 0.6 is 0 Å². The van der Waals surface area contributed by atoms with Gasteiger partial charge >= 0.3 is 0 Å². The van der Waals surface area contributed by atoms with Crippen molar-refractivity contribution < 1.29 is 0 Å². The van der Waals surface area contributed by atoms with Crippen LogP contribution in [0.25, 0.3) is 32.3 Å². The zero-order valence-corrected chi connectivity index (χ0v) is 11.4. The summed E-state index contributed by atoms with van der Waals surface area (Å²) in [5, 5.41) is 11.1. The van der Waals surface area contributed by atoms with Crippen molar-refractivity contribution in [3.63, 3.8) is 0 Å². The third-order valence-corrected chi connectivity index (χ3v) is 4.05. The largest absolute Gasteiger partial charge is 0.388 e. The van der Waals surface area contributed by atoms with Crippen LogP contribution in [0.4, 0.5) is 5.69 Å². The van der Waals surface area contributed by atoms with E-state index in [0.717, 1.165) is 0 Å². The molecular formula is C19H15N. The van der Waals surface area contributed by atoms with E-state index in [9.17, 15) is 0 Å². The Balaban J connectivity index is 2.23. The quantitative estimate of drug-likeness (QED) is 0.463. The van der Waals surface area contributed by atoms with Gasteiger partial charge in [-0.25, -0.2) is 0 Å². The third kappa shape index (κ3) is 1.50. The van der Waals surface area contributed by atoms with E-state index in [1.807, 2.05) is 7.05 Å².